The first-order valence-corrected chi connectivity index (χ1v) is 8.55. The molecule has 0 aliphatic rings. The maximum atomic E-state index is 11.7. The Hall–Kier alpha value is -1.76. The van der Waals surface area contributed by atoms with Crippen LogP contribution in [-0.4, -0.2) is 27.2 Å². The summed E-state index contributed by atoms with van der Waals surface area (Å²) in [4.78, 5) is 11.6. The molecule has 7 heteroatoms. The van der Waals surface area contributed by atoms with Gasteiger partial charge in [0.15, 0.2) is 0 Å². The molecule has 21 heavy (non-hydrogen) atoms. The maximum Gasteiger partial charge on any atom is 0.232 e. The van der Waals surface area contributed by atoms with Crippen molar-refractivity contribution in [1.82, 2.24) is 0 Å². The number of ether oxygens (including phenoxy) is 1. The molecular weight excluding hydrogens is 292 g/mol. The summed E-state index contributed by atoms with van der Waals surface area (Å²) in [5.41, 5.74) is 0.933. The number of sulfonamides is 1. The molecule has 6 nitrogen and oxygen atoms in total. The topological polar surface area (TPSA) is 84.5 Å². The van der Waals surface area contributed by atoms with E-state index in [1.165, 1.54) is 7.11 Å². The lowest BCUT2D eigenvalue weighted by atomic mass is 10.2. The molecule has 0 aromatic heterocycles. The molecule has 0 saturated carbocycles. The number of methoxy groups -OCH3 is 1. The molecule has 0 spiro atoms. The average Bonchev–Trinajstić information content (AvgIpc) is 2.40. The van der Waals surface area contributed by atoms with Gasteiger partial charge in [-0.2, -0.15) is 0 Å². The van der Waals surface area contributed by atoms with Gasteiger partial charge in [-0.15, -0.1) is 0 Å². The van der Waals surface area contributed by atoms with Gasteiger partial charge in [0, 0.05) is 12.5 Å². The van der Waals surface area contributed by atoms with Gasteiger partial charge in [-0.25, -0.2) is 8.42 Å². The lowest BCUT2D eigenvalue weighted by Gasteiger charge is -2.13. The van der Waals surface area contributed by atoms with Gasteiger partial charge in [-0.05, 0) is 25.0 Å². The zero-order valence-electron chi connectivity index (χ0n) is 12.6. The number of nitrogens with one attached hydrogen (secondary N) is 2. The van der Waals surface area contributed by atoms with Crippen molar-refractivity contribution in [3.05, 3.63) is 18.2 Å². The number of carbonyl (C=O) groups is 1. The highest BCUT2D eigenvalue weighted by Gasteiger charge is 2.12. The minimum Gasteiger partial charge on any atom is -0.494 e. The Morgan fingerprint density at radius 2 is 1.95 bits per heavy atom. The molecule has 1 amide bonds. The highest BCUT2D eigenvalue weighted by Crippen LogP contribution is 2.28. The van der Waals surface area contributed by atoms with Crippen molar-refractivity contribution < 1.29 is 17.9 Å². The quantitative estimate of drug-likeness (QED) is 0.772. The number of amides is 1. The summed E-state index contributed by atoms with van der Waals surface area (Å²) in [7, 11) is -1.88. The second kappa shape index (κ2) is 7.87. The van der Waals surface area contributed by atoms with Crippen molar-refractivity contribution in [2.45, 2.75) is 33.1 Å². The van der Waals surface area contributed by atoms with Crippen LogP contribution in [0.15, 0.2) is 18.2 Å². The zero-order chi connectivity index (χ0) is 15.9. The Kier molecular flexibility index (Phi) is 6.48. The number of carbonyl (C=O) groups excluding carboxylic acids is 1. The Labute approximate surface area is 125 Å². The van der Waals surface area contributed by atoms with E-state index in [2.05, 4.69) is 10.0 Å². The number of rotatable bonds is 8. The standard InChI is InChI=1S/C14H22N2O4S/c1-4-6-14(17)15-12-8-7-11(10-13(12)20-3)16-21(18,19)9-5-2/h7-8,10,16H,4-6,9H2,1-3H3,(H,15,17). The third-order valence-corrected chi connectivity index (χ3v) is 4.19. The second-order valence-electron chi connectivity index (χ2n) is 4.63. The molecule has 118 valence electrons. The van der Waals surface area contributed by atoms with Gasteiger partial charge < -0.3 is 10.1 Å². The van der Waals surface area contributed by atoms with Gasteiger partial charge in [0.2, 0.25) is 15.9 Å². The van der Waals surface area contributed by atoms with Gasteiger partial charge >= 0.3 is 0 Å². The van der Waals surface area contributed by atoms with E-state index < -0.39 is 10.0 Å². The Bertz CT molecular complexity index is 585. The molecular formula is C14H22N2O4S. The van der Waals surface area contributed by atoms with Crippen molar-refractivity contribution in [1.29, 1.82) is 0 Å². The van der Waals surface area contributed by atoms with E-state index in [0.29, 0.717) is 30.0 Å². The highest BCUT2D eigenvalue weighted by molar-refractivity contribution is 7.92. The molecule has 0 aliphatic carbocycles. The van der Waals surface area contributed by atoms with Crippen LogP contribution in [-0.2, 0) is 14.8 Å². The van der Waals surface area contributed by atoms with E-state index in [1.54, 1.807) is 25.1 Å². The number of benzene rings is 1. The van der Waals surface area contributed by atoms with Gasteiger partial charge in [0.1, 0.15) is 5.75 Å². The third-order valence-electron chi connectivity index (χ3n) is 2.70. The minimum atomic E-state index is -3.35. The largest absolute Gasteiger partial charge is 0.494 e. The van der Waals surface area contributed by atoms with Crippen molar-refractivity contribution in [2.75, 3.05) is 22.9 Å². The normalized spacial score (nSPS) is 11.0. The van der Waals surface area contributed by atoms with Crippen molar-refractivity contribution >= 4 is 27.3 Å². The van der Waals surface area contributed by atoms with Crippen LogP contribution in [0, 0.1) is 0 Å². The highest BCUT2D eigenvalue weighted by atomic mass is 32.2. The molecule has 0 bridgehead atoms. The molecule has 0 fully saturated rings. The molecule has 2 N–H and O–H groups in total. The predicted octanol–water partition coefficient (Wildman–Crippen LogP) is 2.59. The summed E-state index contributed by atoms with van der Waals surface area (Å²) in [6.45, 7) is 3.72. The first-order valence-electron chi connectivity index (χ1n) is 6.90. The number of hydrogen-bond donors (Lipinski definition) is 2. The van der Waals surface area contributed by atoms with E-state index in [1.807, 2.05) is 6.92 Å². The summed E-state index contributed by atoms with van der Waals surface area (Å²) in [5.74, 6) is 0.371. The fraction of sp³-hybridized carbons (Fsp3) is 0.500. The molecule has 1 aromatic carbocycles. The van der Waals surface area contributed by atoms with E-state index in [4.69, 9.17) is 4.74 Å². The van der Waals surface area contributed by atoms with Crippen LogP contribution < -0.4 is 14.8 Å². The fourth-order valence-corrected chi connectivity index (χ4v) is 2.92. The molecule has 0 unspecified atom stereocenters. The summed E-state index contributed by atoms with van der Waals surface area (Å²) in [6.07, 6.45) is 1.72. The third kappa shape index (κ3) is 5.63. The van der Waals surface area contributed by atoms with Crippen LogP contribution >= 0.6 is 0 Å². The molecule has 0 aliphatic heterocycles. The van der Waals surface area contributed by atoms with Crippen LogP contribution in [0.3, 0.4) is 0 Å². The lowest BCUT2D eigenvalue weighted by molar-refractivity contribution is -0.116. The number of hydrogen-bond acceptors (Lipinski definition) is 4. The summed E-state index contributed by atoms with van der Waals surface area (Å²) in [5, 5.41) is 2.74. The van der Waals surface area contributed by atoms with E-state index in [0.717, 1.165) is 6.42 Å². The van der Waals surface area contributed by atoms with Gasteiger partial charge in [-0.3, -0.25) is 9.52 Å². The molecule has 0 radical (unpaired) electrons. The monoisotopic (exact) mass is 314 g/mol. The van der Waals surface area contributed by atoms with Crippen LogP contribution in [0.2, 0.25) is 0 Å². The summed E-state index contributed by atoms with van der Waals surface area (Å²) < 4.78 is 31.1. The van der Waals surface area contributed by atoms with E-state index >= 15 is 0 Å². The Morgan fingerprint density at radius 1 is 1.24 bits per heavy atom. The molecule has 1 rings (SSSR count). The van der Waals surface area contributed by atoms with E-state index in [9.17, 15) is 13.2 Å². The summed E-state index contributed by atoms with van der Waals surface area (Å²) in [6, 6.07) is 4.77. The first kappa shape index (κ1) is 17.3. The van der Waals surface area contributed by atoms with Crippen molar-refractivity contribution in [3.8, 4) is 5.75 Å². The molecule has 0 saturated heterocycles. The van der Waals surface area contributed by atoms with Gasteiger partial charge in [-0.1, -0.05) is 13.8 Å². The predicted molar refractivity (Wildman–Crippen MR) is 84.2 cm³/mol. The van der Waals surface area contributed by atoms with Crippen molar-refractivity contribution in [2.24, 2.45) is 0 Å². The molecule has 0 atom stereocenters. The summed E-state index contributed by atoms with van der Waals surface area (Å²) >= 11 is 0. The Balaban J connectivity index is 2.91. The smallest absolute Gasteiger partial charge is 0.232 e. The fourth-order valence-electron chi connectivity index (χ4n) is 1.80. The average molecular weight is 314 g/mol. The van der Waals surface area contributed by atoms with Crippen LogP contribution in [0.5, 0.6) is 5.75 Å². The SMILES string of the molecule is CCCC(=O)Nc1ccc(NS(=O)(=O)CCC)cc1OC. The van der Waals surface area contributed by atoms with Crippen molar-refractivity contribution in [3.63, 3.8) is 0 Å². The minimum absolute atomic E-state index is 0.0598. The zero-order valence-corrected chi connectivity index (χ0v) is 13.4. The first-order chi connectivity index (χ1) is 9.91. The van der Waals surface area contributed by atoms with E-state index in [-0.39, 0.29) is 11.7 Å². The number of anilines is 2. The Morgan fingerprint density at radius 3 is 2.52 bits per heavy atom. The van der Waals surface area contributed by atoms with Gasteiger partial charge in [0.05, 0.1) is 24.2 Å². The van der Waals surface area contributed by atoms with Crippen LogP contribution in [0.25, 0.3) is 0 Å². The molecule has 0 heterocycles. The van der Waals surface area contributed by atoms with Crippen LogP contribution in [0.1, 0.15) is 33.1 Å². The van der Waals surface area contributed by atoms with Crippen LogP contribution in [0.4, 0.5) is 11.4 Å². The van der Waals surface area contributed by atoms with Gasteiger partial charge in [0.25, 0.3) is 0 Å². The molecule has 1 aromatic rings. The lowest BCUT2D eigenvalue weighted by Crippen LogP contribution is -2.16. The maximum absolute atomic E-state index is 11.7. The second-order valence-corrected chi connectivity index (χ2v) is 6.48.